The van der Waals surface area contributed by atoms with Gasteiger partial charge in [0.2, 0.25) is 5.88 Å². The zero-order valence-electron chi connectivity index (χ0n) is 10.5. The molecule has 0 spiro atoms. The molecule has 0 aliphatic heterocycles. The highest BCUT2D eigenvalue weighted by molar-refractivity contribution is 5.49. The molecule has 1 aromatic heterocycles. The number of anilines is 1. The Hall–Kier alpha value is -2.21. The number of halogens is 2. The minimum absolute atomic E-state index is 0.133. The summed E-state index contributed by atoms with van der Waals surface area (Å²) >= 11 is 0. The number of nitrogens with one attached hydrogen (secondary N) is 1. The number of pyridine rings is 1. The number of allylic oxidation sites excluding steroid dienone is 2. The molecule has 6 heteroatoms. The van der Waals surface area contributed by atoms with Crippen molar-refractivity contribution < 1.29 is 13.5 Å². The van der Waals surface area contributed by atoms with E-state index in [1.165, 1.54) is 6.20 Å². The van der Waals surface area contributed by atoms with Crippen LogP contribution in [-0.4, -0.2) is 11.1 Å². The van der Waals surface area contributed by atoms with Crippen LogP contribution in [0.3, 0.4) is 0 Å². The van der Waals surface area contributed by atoms with Gasteiger partial charge in [0.05, 0.1) is 11.9 Å². The van der Waals surface area contributed by atoms with E-state index in [0.717, 1.165) is 17.7 Å². The Morgan fingerprint density at radius 3 is 2.74 bits per heavy atom. The quantitative estimate of drug-likeness (QED) is 0.472. The van der Waals surface area contributed by atoms with Crippen molar-refractivity contribution in [2.45, 2.75) is 13.0 Å². The minimum Gasteiger partial charge on any atom is -0.463 e. The molecule has 4 nitrogen and oxygen atoms in total. The second kappa shape index (κ2) is 6.65. The number of hydrazine groups is 1. The number of aryl methyl sites for hydroxylation is 1. The third-order valence-corrected chi connectivity index (χ3v) is 2.30. The monoisotopic (exact) mass is 267 g/mol. The molecule has 0 amide bonds. The molecule has 1 unspecified atom stereocenters. The van der Waals surface area contributed by atoms with Crippen LogP contribution in [0.4, 0.5) is 14.5 Å². The second-order valence-corrected chi connectivity index (χ2v) is 3.72. The Morgan fingerprint density at radius 2 is 2.26 bits per heavy atom. The first-order chi connectivity index (χ1) is 8.97. The molecule has 0 fully saturated rings. The zero-order chi connectivity index (χ0) is 14.4. The predicted molar refractivity (Wildman–Crippen MR) is 70.8 cm³/mol. The van der Waals surface area contributed by atoms with Crippen LogP contribution in [0.25, 0.3) is 0 Å². The Labute approximate surface area is 110 Å². The summed E-state index contributed by atoms with van der Waals surface area (Å²) in [5, 5.41) is 0. The van der Waals surface area contributed by atoms with Crippen LogP contribution in [0.2, 0.25) is 0 Å². The number of ether oxygens (including phenoxy) is 1. The summed E-state index contributed by atoms with van der Waals surface area (Å²) in [6, 6.07) is 1.55. The minimum atomic E-state index is -1.26. The Balaban J connectivity index is 2.94. The fourth-order valence-corrected chi connectivity index (χ4v) is 1.28. The van der Waals surface area contributed by atoms with E-state index in [2.05, 4.69) is 23.6 Å². The van der Waals surface area contributed by atoms with Crippen LogP contribution in [0.15, 0.2) is 49.2 Å². The first-order valence-corrected chi connectivity index (χ1v) is 5.42. The van der Waals surface area contributed by atoms with E-state index < -0.39 is 17.8 Å². The topological polar surface area (TPSA) is 60.2 Å². The van der Waals surface area contributed by atoms with Crippen molar-refractivity contribution in [2.24, 2.45) is 5.84 Å². The summed E-state index contributed by atoms with van der Waals surface area (Å²) in [6.45, 7) is 8.09. The molecule has 0 aliphatic rings. The van der Waals surface area contributed by atoms with Crippen molar-refractivity contribution in [2.75, 3.05) is 5.43 Å². The number of aromatic nitrogens is 1. The van der Waals surface area contributed by atoms with Gasteiger partial charge in [0, 0.05) is 6.07 Å². The summed E-state index contributed by atoms with van der Waals surface area (Å²) in [6.07, 6.45) is 2.03. The lowest BCUT2D eigenvalue weighted by atomic mass is 10.2. The van der Waals surface area contributed by atoms with Crippen molar-refractivity contribution in [3.8, 4) is 5.88 Å². The summed E-state index contributed by atoms with van der Waals surface area (Å²) in [5.74, 6) is 3.85. The third-order valence-electron chi connectivity index (χ3n) is 2.30. The number of nitrogens with two attached hydrogens (primary N) is 1. The number of hydrogen-bond donors (Lipinski definition) is 2. The van der Waals surface area contributed by atoms with Gasteiger partial charge in [-0.25, -0.2) is 13.8 Å². The summed E-state index contributed by atoms with van der Waals surface area (Å²) < 4.78 is 31.4. The van der Waals surface area contributed by atoms with Crippen molar-refractivity contribution in [1.82, 2.24) is 4.98 Å². The van der Waals surface area contributed by atoms with E-state index in [0.29, 0.717) is 5.69 Å². The van der Waals surface area contributed by atoms with E-state index in [-0.39, 0.29) is 5.88 Å². The van der Waals surface area contributed by atoms with Gasteiger partial charge < -0.3 is 10.2 Å². The Morgan fingerprint density at radius 1 is 1.58 bits per heavy atom. The van der Waals surface area contributed by atoms with E-state index in [4.69, 9.17) is 10.6 Å². The molecule has 1 aromatic rings. The molecule has 0 bridgehead atoms. The van der Waals surface area contributed by atoms with E-state index in [1.54, 1.807) is 13.0 Å². The average Bonchev–Trinajstić information content (AvgIpc) is 2.37. The van der Waals surface area contributed by atoms with Gasteiger partial charge in [0.25, 0.3) is 0 Å². The van der Waals surface area contributed by atoms with Crippen LogP contribution in [0.1, 0.15) is 5.56 Å². The zero-order valence-corrected chi connectivity index (χ0v) is 10.5. The van der Waals surface area contributed by atoms with Gasteiger partial charge in [-0.1, -0.05) is 13.2 Å². The predicted octanol–water partition coefficient (Wildman–Crippen LogP) is 2.95. The lowest BCUT2D eigenvalue weighted by molar-refractivity contribution is 0.241. The standard InChI is InChI=1S/C13H15F2N3O/c1-4-10(15)6-12(9(3)14)19-13-5-8(2)11(18-16)7-17-13/h4-7,12,18H,1,3,16H2,2H3. The van der Waals surface area contributed by atoms with Gasteiger partial charge in [-0.15, -0.1) is 0 Å². The highest BCUT2D eigenvalue weighted by Crippen LogP contribution is 2.21. The molecule has 0 saturated heterocycles. The number of hydrogen-bond acceptors (Lipinski definition) is 4. The van der Waals surface area contributed by atoms with Crippen LogP contribution in [0, 0.1) is 6.92 Å². The molecule has 3 N–H and O–H groups in total. The maximum absolute atomic E-state index is 13.2. The van der Waals surface area contributed by atoms with Crippen molar-refractivity contribution in [1.29, 1.82) is 0 Å². The Bertz CT molecular complexity index is 515. The molecule has 0 radical (unpaired) electrons. The first-order valence-electron chi connectivity index (χ1n) is 5.42. The first kappa shape index (κ1) is 14.8. The highest BCUT2D eigenvalue weighted by Gasteiger charge is 2.14. The molecule has 1 atom stereocenters. The average molecular weight is 267 g/mol. The lowest BCUT2D eigenvalue weighted by Crippen LogP contribution is -2.16. The van der Waals surface area contributed by atoms with Gasteiger partial charge in [0.1, 0.15) is 11.7 Å². The normalized spacial score (nSPS) is 12.7. The number of nitrogen functional groups attached to an aromatic ring is 1. The van der Waals surface area contributed by atoms with Crippen molar-refractivity contribution in [3.63, 3.8) is 0 Å². The molecule has 19 heavy (non-hydrogen) atoms. The molecule has 0 aromatic carbocycles. The maximum atomic E-state index is 13.2. The Kier molecular flexibility index (Phi) is 5.20. The van der Waals surface area contributed by atoms with E-state index >= 15 is 0 Å². The van der Waals surface area contributed by atoms with Crippen molar-refractivity contribution >= 4 is 5.69 Å². The second-order valence-electron chi connectivity index (χ2n) is 3.72. The van der Waals surface area contributed by atoms with Crippen LogP contribution in [-0.2, 0) is 0 Å². The van der Waals surface area contributed by atoms with Gasteiger partial charge in [-0.05, 0) is 24.6 Å². The molecular weight excluding hydrogens is 252 g/mol. The lowest BCUT2D eigenvalue weighted by Gasteiger charge is -2.14. The fourth-order valence-electron chi connectivity index (χ4n) is 1.28. The molecule has 1 rings (SSSR count). The van der Waals surface area contributed by atoms with E-state index in [9.17, 15) is 8.78 Å². The van der Waals surface area contributed by atoms with Gasteiger partial charge in [-0.3, -0.25) is 5.84 Å². The summed E-state index contributed by atoms with van der Waals surface area (Å²) in [7, 11) is 0. The third kappa shape index (κ3) is 4.18. The fraction of sp³-hybridized carbons (Fsp3) is 0.154. The van der Waals surface area contributed by atoms with E-state index in [1.807, 2.05) is 0 Å². The molecule has 1 heterocycles. The molecule has 0 saturated carbocycles. The van der Waals surface area contributed by atoms with Gasteiger partial charge in [0.15, 0.2) is 6.10 Å². The molecular formula is C13H15F2N3O. The van der Waals surface area contributed by atoms with Gasteiger partial charge >= 0.3 is 0 Å². The smallest absolute Gasteiger partial charge is 0.214 e. The highest BCUT2D eigenvalue weighted by atomic mass is 19.1. The van der Waals surface area contributed by atoms with Gasteiger partial charge in [-0.2, -0.15) is 0 Å². The van der Waals surface area contributed by atoms with Crippen LogP contribution < -0.4 is 16.0 Å². The summed E-state index contributed by atoms with van der Waals surface area (Å²) in [5.41, 5.74) is 3.81. The molecule has 102 valence electrons. The summed E-state index contributed by atoms with van der Waals surface area (Å²) in [4.78, 5) is 3.92. The number of rotatable bonds is 6. The van der Waals surface area contributed by atoms with Crippen molar-refractivity contribution in [3.05, 3.63) is 54.8 Å². The maximum Gasteiger partial charge on any atom is 0.214 e. The van der Waals surface area contributed by atoms with Crippen LogP contribution in [0.5, 0.6) is 5.88 Å². The number of nitrogens with zero attached hydrogens (tertiary/aromatic N) is 1. The largest absolute Gasteiger partial charge is 0.463 e. The van der Waals surface area contributed by atoms with Crippen LogP contribution >= 0.6 is 0 Å². The molecule has 0 aliphatic carbocycles. The SMILES string of the molecule is C=CC(F)=CC(Oc1cc(C)c(NN)cn1)C(=C)F.